The molecule has 1 aromatic heterocycles. The molecule has 2 saturated heterocycles. The van der Waals surface area contributed by atoms with Crippen molar-refractivity contribution in [3.8, 4) is 0 Å². The number of morpholine rings is 1. The van der Waals surface area contributed by atoms with E-state index in [1.54, 1.807) is 6.92 Å². The summed E-state index contributed by atoms with van der Waals surface area (Å²) in [5.74, 6) is 0.409. The molecule has 2 aliphatic rings. The molecule has 1 aromatic rings. The fourth-order valence-corrected chi connectivity index (χ4v) is 4.50. The fraction of sp³-hybridized carbons (Fsp3) is 0.706. The molecular weight excluding hydrogens is 386 g/mol. The van der Waals surface area contributed by atoms with Crippen LogP contribution in [0.15, 0.2) is 12.4 Å². The van der Waals surface area contributed by atoms with E-state index in [9.17, 15) is 13.2 Å². The van der Waals surface area contributed by atoms with Gasteiger partial charge < -0.3 is 14.4 Å². The van der Waals surface area contributed by atoms with Gasteiger partial charge in [-0.2, -0.15) is 12.7 Å². The Morgan fingerprint density at radius 1 is 1.21 bits per heavy atom. The first-order valence-electron chi connectivity index (χ1n) is 9.56. The van der Waals surface area contributed by atoms with Crippen LogP contribution in [-0.2, 0) is 19.7 Å². The minimum Gasteiger partial charge on any atom is -0.462 e. The van der Waals surface area contributed by atoms with Crippen LogP contribution in [-0.4, -0.2) is 81.2 Å². The Morgan fingerprint density at radius 2 is 1.86 bits per heavy atom. The largest absolute Gasteiger partial charge is 0.462 e. The molecule has 0 saturated carbocycles. The maximum absolute atomic E-state index is 12.3. The molecule has 0 atom stereocenters. The summed E-state index contributed by atoms with van der Waals surface area (Å²) in [6.45, 7) is 5.63. The Morgan fingerprint density at radius 3 is 2.46 bits per heavy atom. The average molecular weight is 414 g/mol. The third-order valence-electron chi connectivity index (χ3n) is 4.91. The van der Waals surface area contributed by atoms with E-state index in [-0.39, 0.29) is 5.92 Å². The zero-order valence-corrected chi connectivity index (χ0v) is 16.9. The lowest BCUT2D eigenvalue weighted by Crippen LogP contribution is -2.48. The van der Waals surface area contributed by atoms with Gasteiger partial charge >= 0.3 is 5.97 Å². The predicted molar refractivity (Wildman–Crippen MR) is 102 cm³/mol. The van der Waals surface area contributed by atoms with E-state index < -0.39 is 16.2 Å². The molecule has 3 rings (SSSR count). The zero-order valence-electron chi connectivity index (χ0n) is 16.0. The van der Waals surface area contributed by atoms with Crippen LogP contribution in [0, 0.1) is 5.92 Å². The monoisotopic (exact) mass is 413 g/mol. The van der Waals surface area contributed by atoms with Crippen molar-refractivity contribution in [3.05, 3.63) is 18.0 Å². The number of piperidine rings is 1. The lowest BCUT2D eigenvalue weighted by atomic mass is 9.97. The summed E-state index contributed by atoms with van der Waals surface area (Å²) in [6.07, 6.45) is 4.63. The second-order valence-corrected chi connectivity index (χ2v) is 8.54. The third-order valence-corrected chi connectivity index (χ3v) is 6.49. The van der Waals surface area contributed by atoms with Crippen molar-refractivity contribution in [2.75, 3.05) is 57.4 Å². The van der Waals surface area contributed by atoms with Crippen molar-refractivity contribution in [2.24, 2.45) is 5.92 Å². The third kappa shape index (κ3) is 5.37. The number of hydrogen-bond donors (Lipinski definition) is 1. The van der Waals surface area contributed by atoms with Crippen LogP contribution in [0.25, 0.3) is 0 Å². The number of hydrogen-bond acceptors (Lipinski definition) is 8. The molecule has 2 fully saturated rings. The molecule has 11 heteroatoms. The second kappa shape index (κ2) is 9.59. The van der Waals surface area contributed by atoms with Crippen molar-refractivity contribution in [1.29, 1.82) is 0 Å². The van der Waals surface area contributed by atoms with Crippen molar-refractivity contribution >= 4 is 22.1 Å². The number of anilines is 1. The van der Waals surface area contributed by atoms with Gasteiger partial charge in [0.25, 0.3) is 10.2 Å². The summed E-state index contributed by atoms with van der Waals surface area (Å²) in [4.78, 5) is 22.2. The number of aromatic nitrogens is 2. The number of carbonyl (C=O) groups is 1. The minimum absolute atomic E-state index is 0.269. The van der Waals surface area contributed by atoms with E-state index >= 15 is 0 Å². The molecule has 0 radical (unpaired) electrons. The maximum atomic E-state index is 12.3. The highest BCUT2D eigenvalue weighted by atomic mass is 32.2. The van der Waals surface area contributed by atoms with Crippen molar-refractivity contribution in [3.63, 3.8) is 0 Å². The molecule has 0 amide bonds. The quantitative estimate of drug-likeness (QED) is 0.623. The van der Waals surface area contributed by atoms with Crippen LogP contribution in [0.4, 0.5) is 5.95 Å². The van der Waals surface area contributed by atoms with E-state index in [0.717, 1.165) is 25.9 Å². The average Bonchev–Trinajstić information content (AvgIpc) is 2.74. The summed E-state index contributed by atoms with van der Waals surface area (Å²) in [7, 11) is -3.44. The molecule has 156 valence electrons. The lowest BCUT2D eigenvalue weighted by Gasteiger charge is -2.32. The summed E-state index contributed by atoms with van der Waals surface area (Å²) in [5, 5.41) is 0. The van der Waals surface area contributed by atoms with Crippen LogP contribution in [0.3, 0.4) is 0 Å². The van der Waals surface area contributed by atoms with Gasteiger partial charge in [-0.25, -0.2) is 19.5 Å². The molecule has 0 bridgehead atoms. The first kappa shape index (κ1) is 20.9. The fourth-order valence-electron chi connectivity index (χ4n) is 3.24. The molecule has 28 heavy (non-hydrogen) atoms. The predicted octanol–water partition coefficient (Wildman–Crippen LogP) is 0.0363. The van der Waals surface area contributed by atoms with Gasteiger partial charge in [-0.3, -0.25) is 0 Å². The number of rotatable bonds is 7. The lowest BCUT2D eigenvalue weighted by molar-refractivity contribution is 0.0525. The first-order valence-corrected chi connectivity index (χ1v) is 11.0. The molecular formula is C17H27N5O5S. The van der Waals surface area contributed by atoms with Gasteiger partial charge in [0.15, 0.2) is 0 Å². The Labute approximate surface area is 165 Å². The van der Waals surface area contributed by atoms with E-state index in [1.807, 2.05) is 4.90 Å². The van der Waals surface area contributed by atoms with Crippen LogP contribution in [0.1, 0.15) is 30.1 Å². The number of nitrogens with zero attached hydrogens (tertiary/aromatic N) is 4. The molecule has 0 aromatic carbocycles. The van der Waals surface area contributed by atoms with Gasteiger partial charge in [0, 0.05) is 45.1 Å². The summed E-state index contributed by atoms with van der Waals surface area (Å²) in [5.41, 5.74) is 0.331. The molecule has 0 spiro atoms. The van der Waals surface area contributed by atoms with Crippen LogP contribution < -0.4 is 9.62 Å². The van der Waals surface area contributed by atoms with Gasteiger partial charge in [-0.05, 0) is 25.7 Å². The van der Waals surface area contributed by atoms with E-state index in [4.69, 9.17) is 9.47 Å². The Bertz CT molecular complexity index is 744. The Balaban J connectivity index is 1.46. The van der Waals surface area contributed by atoms with E-state index in [0.29, 0.717) is 51.0 Å². The SMILES string of the molecule is CCOC(=O)c1cnc(N2CCC(CNS(=O)(=O)N3CCOCC3)CC2)nc1. The summed E-state index contributed by atoms with van der Waals surface area (Å²) >= 11 is 0. The first-order chi connectivity index (χ1) is 13.5. The zero-order chi connectivity index (χ0) is 20.0. The highest BCUT2D eigenvalue weighted by Crippen LogP contribution is 2.20. The molecule has 3 heterocycles. The number of carbonyl (C=O) groups excluding carboxylic acids is 1. The van der Waals surface area contributed by atoms with Crippen molar-refractivity contribution < 1.29 is 22.7 Å². The Kier molecular flexibility index (Phi) is 7.16. The number of ether oxygens (including phenoxy) is 2. The van der Waals surface area contributed by atoms with Gasteiger partial charge in [-0.15, -0.1) is 0 Å². The van der Waals surface area contributed by atoms with Crippen LogP contribution >= 0.6 is 0 Å². The van der Waals surface area contributed by atoms with Crippen LogP contribution in [0.2, 0.25) is 0 Å². The second-order valence-electron chi connectivity index (χ2n) is 6.79. The Hall–Kier alpha value is -1.82. The number of esters is 1. The standard InChI is InChI=1S/C17H27N5O5S/c1-2-27-16(23)15-12-18-17(19-13-15)21-5-3-14(4-6-21)11-20-28(24,25)22-7-9-26-10-8-22/h12-14,20H,2-11H2,1H3. The molecule has 0 aliphatic carbocycles. The van der Waals surface area contributed by atoms with Crippen molar-refractivity contribution in [1.82, 2.24) is 19.0 Å². The highest BCUT2D eigenvalue weighted by molar-refractivity contribution is 7.87. The highest BCUT2D eigenvalue weighted by Gasteiger charge is 2.27. The summed E-state index contributed by atoms with van der Waals surface area (Å²) < 4.78 is 39.0. The van der Waals surface area contributed by atoms with Crippen LogP contribution in [0.5, 0.6) is 0 Å². The minimum atomic E-state index is -3.44. The summed E-state index contributed by atoms with van der Waals surface area (Å²) in [6, 6.07) is 0. The maximum Gasteiger partial charge on any atom is 0.341 e. The van der Waals surface area contributed by atoms with Gasteiger partial charge in [0.05, 0.1) is 25.4 Å². The smallest absolute Gasteiger partial charge is 0.341 e. The number of nitrogens with one attached hydrogen (secondary N) is 1. The normalized spacial score (nSPS) is 19.5. The topological polar surface area (TPSA) is 114 Å². The van der Waals surface area contributed by atoms with Gasteiger partial charge in [0.1, 0.15) is 0 Å². The van der Waals surface area contributed by atoms with Gasteiger partial charge in [-0.1, -0.05) is 0 Å². The van der Waals surface area contributed by atoms with Crippen molar-refractivity contribution in [2.45, 2.75) is 19.8 Å². The molecule has 10 nitrogen and oxygen atoms in total. The van der Waals surface area contributed by atoms with E-state index in [2.05, 4.69) is 14.7 Å². The van der Waals surface area contributed by atoms with Gasteiger partial charge in [0.2, 0.25) is 5.95 Å². The molecule has 0 unspecified atom stereocenters. The molecule has 1 N–H and O–H groups in total. The molecule has 2 aliphatic heterocycles. The van der Waals surface area contributed by atoms with E-state index in [1.165, 1.54) is 16.7 Å².